The lowest BCUT2D eigenvalue weighted by Gasteiger charge is -2.34. The maximum Gasteiger partial charge on any atom is 0.226 e. The molecule has 1 saturated carbocycles. The molecular formula is C15H28N2O3S. The Kier molecular flexibility index (Phi) is 5.66. The molecule has 6 heteroatoms. The quantitative estimate of drug-likeness (QED) is 0.829. The average Bonchev–Trinajstić information content (AvgIpc) is 2.79. The first-order valence-electron chi connectivity index (χ1n) is 8.19. The highest BCUT2D eigenvalue weighted by atomic mass is 32.2. The van der Waals surface area contributed by atoms with Crippen LogP contribution in [-0.4, -0.2) is 49.4 Å². The normalized spacial score (nSPS) is 32.0. The topological polar surface area (TPSA) is 80.5 Å². The van der Waals surface area contributed by atoms with Crippen molar-refractivity contribution < 1.29 is 13.2 Å². The third-order valence-electron chi connectivity index (χ3n) is 4.75. The van der Waals surface area contributed by atoms with Crippen molar-refractivity contribution >= 4 is 15.7 Å². The Morgan fingerprint density at radius 3 is 2.62 bits per heavy atom. The molecule has 0 radical (unpaired) electrons. The Hall–Kier alpha value is -0.620. The zero-order valence-corrected chi connectivity index (χ0v) is 13.8. The smallest absolute Gasteiger partial charge is 0.226 e. The molecule has 21 heavy (non-hydrogen) atoms. The Balaban J connectivity index is 2.06. The molecule has 1 amide bonds. The van der Waals surface area contributed by atoms with E-state index in [0.717, 1.165) is 38.5 Å². The van der Waals surface area contributed by atoms with Gasteiger partial charge in [-0.25, -0.2) is 8.42 Å². The van der Waals surface area contributed by atoms with Gasteiger partial charge in [0.15, 0.2) is 9.84 Å². The maximum atomic E-state index is 12.8. The van der Waals surface area contributed by atoms with Crippen molar-refractivity contribution in [1.29, 1.82) is 0 Å². The number of carbonyl (C=O) groups is 1. The molecule has 1 heterocycles. The highest BCUT2D eigenvalue weighted by Crippen LogP contribution is 2.28. The van der Waals surface area contributed by atoms with Gasteiger partial charge in [-0.15, -0.1) is 0 Å². The van der Waals surface area contributed by atoms with Crippen molar-refractivity contribution in [3.63, 3.8) is 0 Å². The van der Waals surface area contributed by atoms with Crippen molar-refractivity contribution in [3.8, 4) is 0 Å². The molecule has 2 N–H and O–H groups in total. The van der Waals surface area contributed by atoms with Crippen molar-refractivity contribution in [2.24, 2.45) is 11.7 Å². The summed E-state index contributed by atoms with van der Waals surface area (Å²) in [6.07, 6.45) is 6.18. The van der Waals surface area contributed by atoms with Crippen LogP contribution in [-0.2, 0) is 14.6 Å². The van der Waals surface area contributed by atoms with Gasteiger partial charge < -0.3 is 10.6 Å². The molecule has 1 aliphatic carbocycles. The first kappa shape index (κ1) is 16.7. The minimum absolute atomic E-state index is 0.00564. The fourth-order valence-corrected chi connectivity index (χ4v) is 5.24. The van der Waals surface area contributed by atoms with Gasteiger partial charge in [0.25, 0.3) is 0 Å². The predicted octanol–water partition coefficient (Wildman–Crippen LogP) is 1.32. The molecular weight excluding hydrogens is 288 g/mol. The second-order valence-electron chi connectivity index (χ2n) is 6.57. The van der Waals surface area contributed by atoms with Crippen molar-refractivity contribution in [3.05, 3.63) is 0 Å². The van der Waals surface area contributed by atoms with Crippen LogP contribution in [0.2, 0.25) is 0 Å². The molecule has 3 unspecified atom stereocenters. The third-order valence-corrected chi connectivity index (χ3v) is 6.50. The minimum Gasteiger partial charge on any atom is -0.338 e. The largest absolute Gasteiger partial charge is 0.338 e. The van der Waals surface area contributed by atoms with Gasteiger partial charge in [0.2, 0.25) is 5.91 Å². The van der Waals surface area contributed by atoms with Gasteiger partial charge >= 0.3 is 0 Å². The molecule has 3 atom stereocenters. The first-order valence-corrected chi connectivity index (χ1v) is 10.0. The zero-order valence-electron chi connectivity index (χ0n) is 13.0. The molecule has 5 nitrogen and oxygen atoms in total. The molecule has 0 aromatic carbocycles. The number of amides is 1. The van der Waals surface area contributed by atoms with Crippen molar-refractivity contribution in [1.82, 2.24) is 4.90 Å². The molecule has 0 spiro atoms. The summed E-state index contributed by atoms with van der Waals surface area (Å²) in [6.45, 7) is 2.77. The summed E-state index contributed by atoms with van der Waals surface area (Å²) in [4.78, 5) is 14.7. The summed E-state index contributed by atoms with van der Waals surface area (Å²) in [5.41, 5.74) is 5.99. The van der Waals surface area contributed by atoms with E-state index in [9.17, 15) is 13.2 Å². The van der Waals surface area contributed by atoms with E-state index in [0.29, 0.717) is 13.0 Å². The summed E-state index contributed by atoms with van der Waals surface area (Å²) < 4.78 is 23.4. The highest BCUT2D eigenvalue weighted by molar-refractivity contribution is 7.91. The van der Waals surface area contributed by atoms with Crippen LogP contribution in [0.15, 0.2) is 0 Å². The van der Waals surface area contributed by atoms with Crippen LogP contribution in [0.25, 0.3) is 0 Å². The maximum absolute atomic E-state index is 12.8. The number of unbranched alkanes of at least 4 members (excludes halogenated alkanes) is 1. The van der Waals surface area contributed by atoms with Crippen molar-refractivity contribution in [2.45, 2.75) is 64.0 Å². The van der Waals surface area contributed by atoms with Crippen LogP contribution < -0.4 is 5.73 Å². The van der Waals surface area contributed by atoms with E-state index in [1.165, 1.54) is 0 Å². The number of nitrogens with two attached hydrogens (primary N) is 1. The standard InChI is InChI=1S/C15H28N2O3S/c1-2-3-8-17(14-7-9-21(19,20)11-14)15(18)12-5-4-6-13(16)10-12/h12-14H,2-11,16H2,1H3. The van der Waals surface area contributed by atoms with E-state index >= 15 is 0 Å². The lowest BCUT2D eigenvalue weighted by Crippen LogP contribution is -2.46. The number of sulfone groups is 1. The van der Waals surface area contributed by atoms with Gasteiger partial charge in [-0.2, -0.15) is 0 Å². The number of rotatable bonds is 5. The van der Waals surface area contributed by atoms with E-state index in [2.05, 4.69) is 6.92 Å². The number of nitrogens with zero attached hydrogens (tertiary/aromatic N) is 1. The Labute approximate surface area is 128 Å². The Morgan fingerprint density at radius 2 is 2.05 bits per heavy atom. The SMILES string of the molecule is CCCCN(C(=O)C1CCCC(N)C1)C1CCS(=O)(=O)C1. The summed E-state index contributed by atoms with van der Waals surface area (Å²) in [7, 11) is -2.96. The first-order chi connectivity index (χ1) is 9.93. The van der Waals surface area contributed by atoms with Gasteiger partial charge in [0.1, 0.15) is 0 Å². The lowest BCUT2D eigenvalue weighted by molar-refractivity contribution is -0.138. The van der Waals surface area contributed by atoms with Crippen LogP contribution in [0.1, 0.15) is 51.9 Å². The van der Waals surface area contributed by atoms with Gasteiger partial charge in [0, 0.05) is 24.5 Å². The van der Waals surface area contributed by atoms with Crippen LogP contribution in [0.5, 0.6) is 0 Å². The van der Waals surface area contributed by atoms with E-state index < -0.39 is 9.84 Å². The molecule has 1 saturated heterocycles. The molecule has 0 aromatic heterocycles. The second-order valence-corrected chi connectivity index (χ2v) is 8.79. The number of hydrogen-bond acceptors (Lipinski definition) is 4. The monoisotopic (exact) mass is 316 g/mol. The molecule has 122 valence electrons. The fourth-order valence-electron chi connectivity index (χ4n) is 3.51. The fraction of sp³-hybridized carbons (Fsp3) is 0.933. The summed E-state index contributed by atoms with van der Waals surface area (Å²) >= 11 is 0. The van der Waals surface area contributed by atoms with Gasteiger partial charge in [-0.3, -0.25) is 4.79 Å². The summed E-state index contributed by atoms with van der Waals surface area (Å²) in [5, 5.41) is 0. The second kappa shape index (κ2) is 7.09. The van der Waals surface area contributed by atoms with E-state index in [4.69, 9.17) is 5.73 Å². The average molecular weight is 316 g/mol. The Morgan fingerprint density at radius 1 is 1.29 bits per heavy atom. The summed E-state index contributed by atoms with van der Waals surface area (Å²) in [6, 6.07) is 0.000219. The van der Waals surface area contributed by atoms with Gasteiger partial charge in [-0.05, 0) is 32.1 Å². The van der Waals surface area contributed by atoms with Crippen LogP contribution in [0, 0.1) is 5.92 Å². The predicted molar refractivity (Wildman–Crippen MR) is 83.6 cm³/mol. The van der Waals surface area contributed by atoms with Gasteiger partial charge in [0.05, 0.1) is 11.5 Å². The molecule has 2 aliphatic rings. The van der Waals surface area contributed by atoms with Crippen LogP contribution >= 0.6 is 0 Å². The van der Waals surface area contributed by atoms with E-state index in [1.54, 1.807) is 0 Å². The molecule has 1 aliphatic heterocycles. The summed E-state index contributed by atoms with van der Waals surface area (Å²) in [5.74, 6) is 0.494. The third kappa shape index (κ3) is 4.42. The van der Waals surface area contributed by atoms with E-state index in [1.807, 2.05) is 4.90 Å². The zero-order chi connectivity index (χ0) is 15.5. The minimum atomic E-state index is -2.96. The molecule has 0 bridgehead atoms. The lowest BCUT2D eigenvalue weighted by atomic mass is 9.85. The molecule has 2 rings (SSSR count). The van der Waals surface area contributed by atoms with Gasteiger partial charge in [-0.1, -0.05) is 19.8 Å². The Bertz CT molecular complexity index is 464. The highest BCUT2D eigenvalue weighted by Gasteiger charge is 2.37. The van der Waals surface area contributed by atoms with Crippen LogP contribution in [0.4, 0.5) is 0 Å². The number of hydrogen-bond donors (Lipinski definition) is 1. The van der Waals surface area contributed by atoms with Crippen molar-refractivity contribution in [2.75, 3.05) is 18.1 Å². The van der Waals surface area contributed by atoms with E-state index in [-0.39, 0.29) is 35.4 Å². The molecule has 0 aromatic rings. The van der Waals surface area contributed by atoms with Crippen LogP contribution in [0.3, 0.4) is 0 Å². The number of carbonyl (C=O) groups excluding carboxylic acids is 1. The molecule has 2 fully saturated rings.